The molecule has 1 aliphatic rings. The van der Waals surface area contributed by atoms with Crippen molar-refractivity contribution in [2.45, 2.75) is 26.3 Å². The Bertz CT molecular complexity index is 679. The van der Waals surface area contributed by atoms with Gasteiger partial charge in [-0.3, -0.25) is 14.4 Å². The Morgan fingerprint density at radius 2 is 2.13 bits per heavy atom. The second kappa shape index (κ2) is 6.22. The van der Waals surface area contributed by atoms with Gasteiger partial charge in [0, 0.05) is 37.6 Å². The van der Waals surface area contributed by atoms with Crippen molar-refractivity contribution in [3.05, 3.63) is 16.6 Å². The van der Waals surface area contributed by atoms with Crippen LogP contribution in [0.4, 0.5) is 0 Å². The summed E-state index contributed by atoms with van der Waals surface area (Å²) in [6.07, 6.45) is 0. The number of fused-ring (bicyclic) bond motifs is 1. The van der Waals surface area contributed by atoms with E-state index in [-0.39, 0.29) is 11.4 Å². The number of nitrogens with one attached hydrogen (secondary N) is 1. The fraction of sp³-hybridized carbons (Fsp3) is 0.625. The predicted molar refractivity (Wildman–Crippen MR) is 92.1 cm³/mol. The van der Waals surface area contributed by atoms with Crippen LogP contribution in [0.3, 0.4) is 0 Å². The summed E-state index contributed by atoms with van der Waals surface area (Å²) in [5.41, 5.74) is 0.889. The monoisotopic (exact) mass is 336 g/mol. The molecule has 0 atom stereocenters. The molecule has 126 valence electrons. The van der Waals surface area contributed by atoms with Crippen molar-refractivity contribution in [1.82, 2.24) is 20.0 Å². The topological polar surface area (TPSA) is 59.4 Å². The molecule has 7 heteroatoms. The van der Waals surface area contributed by atoms with E-state index >= 15 is 0 Å². The lowest BCUT2D eigenvalue weighted by molar-refractivity contribution is -0.00922. The van der Waals surface area contributed by atoms with Crippen molar-refractivity contribution < 1.29 is 9.53 Å². The SMILES string of the molecule is Cc1nn(C)c2sc(C(=O)NCC(C)(C)N3CCOCC3)cc12. The Labute approximate surface area is 140 Å². The molecule has 1 aliphatic heterocycles. The minimum Gasteiger partial charge on any atom is -0.379 e. The number of carbonyl (C=O) groups excluding carboxylic acids is 1. The average Bonchev–Trinajstić information content (AvgIpc) is 3.08. The lowest BCUT2D eigenvalue weighted by atomic mass is 10.0. The van der Waals surface area contributed by atoms with E-state index in [0.29, 0.717) is 6.54 Å². The van der Waals surface area contributed by atoms with Gasteiger partial charge in [0.2, 0.25) is 0 Å². The zero-order valence-corrected chi connectivity index (χ0v) is 15.0. The van der Waals surface area contributed by atoms with Crippen LogP contribution in [-0.4, -0.2) is 59.0 Å². The van der Waals surface area contributed by atoms with Crippen LogP contribution in [0.15, 0.2) is 6.07 Å². The number of amides is 1. The lowest BCUT2D eigenvalue weighted by Gasteiger charge is -2.40. The van der Waals surface area contributed by atoms with Gasteiger partial charge in [-0.1, -0.05) is 0 Å². The lowest BCUT2D eigenvalue weighted by Crippen LogP contribution is -2.55. The minimum atomic E-state index is -0.0758. The summed E-state index contributed by atoms with van der Waals surface area (Å²) in [7, 11) is 1.91. The van der Waals surface area contributed by atoms with Gasteiger partial charge in [-0.05, 0) is 26.8 Å². The molecule has 0 spiro atoms. The molecule has 23 heavy (non-hydrogen) atoms. The van der Waals surface area contributed by atoms with E-state index in [4.69, 9.17) is 4.74 Å². The molecule has 1 saturated heterocycles. The highest BCUT2D eigenvalue weighted by Crippen LogP contribution is 2.27. The van der Waals surface area contributed by atoms with E-state index in [9.17, 15) is 4.79 Å². The van der Waals surface area contributed by atoms with Crippen LogP contribution < -0.4 is 5.32 Å². The molecule has 0 saturated carbocycles. The van der Waals surface area contributed by atoms with Crippen molar-refractivity contribution in [3.63, 3.8) is 0 Å². The number of nitrogens with zero attached hydrogens (tertiary/aromatic N) is 3. The number of aromatic nitrogens is 2. The summed E-state index contributed by atoms with van der Waals surface area (Å²) >= 11 is 1.49. The van der Waals surface area contributed by atoms with Crippen molar-refractivity contribution >= 4 is 27.5 Å². The second-order valence-corrected chi connectivity index (χ2v) is 7.66. The summed E-state index contributed by atoms with van der Waals surface area (Å²) in [5, 5.41) is 8.52. The van der Waals surface area contributed by atoms with Gasteiger partial charge in [-0.25, -0.2) is 0 Å². The van der Waals surface area contributed by atoms with Gasteiger partial charge >= 0.3 is 0 Å². The maximum atomic E-state index is 12.5. The standard InChI is InChI=1S/C16H24N4O2S/c1-11-12-9-13(23-15(12)19(4)18-11)14(21)17-10-16(2,3)20-5-7-22-8-6-20/h9H,5-8,10H2,1-4H3,(H,17,21). The summed E-state index contributed by atoms with van der Waals surface area (Å²) in [4.78, 5) is 16.6. The van der Waals surface area contributed by atoms with Crippen LogP contribution >= 0.6 is 11.3 Å². The van der Waals surface area contributed by atoms with Crippen LogP contribution in [0.25, 0.3) is 10.2 Å². The molecule has 1 fully saturated rings. The zero-order valence-electron chi connectivity index (χ0n) is 14.2. The van der Waals surface area contributed by atoms with E-state index in [1.54, 1.807) is 0 Å². The first-order valence-corrected chi connectivity index (χ1v) is 8.74. The van der Waals surface area contributed by atoms with Crippen LogP contribution in [-0.2, 0) is 11.8 Å². The summed E-state index contributed by atoms with van der Waals surface area (Å²) in [5.74, 6) is -0.00747. The Morgan fingerprint density at radius 3 is 2.78 bits per heavy atom. The highest BCUT2D eigenvalue weighted by atomic mass is 32.1. The number of aryl methyl sites for hydroxylation is 2. The number of ether oxygens (including phenoxy) is 1. The number of hydrogen-bond acceptors (Lipinski definition) is 5. The van der Waals surface area contributed by atoms with Crippen LogP contribution in [0.5, 0.6) is 0 Å². The van der Waals surface area contributed by atoms with Crippen molar-refractivity contribution in [1.29, 1.82) is 0 Å². The van der Waals surface area contributed by atoms with Gasteiger partial charge in [0.1, 0.15) is 4.83 Å². The fourth-order valence-electron chi connectivity index (χ4n) is 2.98. The van der Waals surface area contributed by atoms with Crippen molar-refractivity contribution in [2.75, 3.05) is 32.8 Å². The highest BCUT2D eigenvalue weighted by molar-refractivity contribution is 7.20. The van der Waals surface area contributed by atoms with Crippen molar-refractivity contribution in [3.8, 4) is 0 Å². The quantitative estimate of drug-likeness (QED) is 0.925. The van der Waals surface area contributed by atoms with Gasteiger partial charge < -0.3 is 10.1 Å². The molecule has 1 amide bonds. The van der Waals surface area contributed by atoms with E-state index in [1.165, 1.54) is 11.3 Å². The largest absolute Gasteiger partial charge is 0.379 e. The first-order valence-electron chi connectivity index (χ1n) is 7.92. The normalized spacial score (nSPS) is 16.9. The smallest absolute Gasteiger partial charge is 0.261 e. The predicted octanol–water partition coefficient (Wildman–Crippen LogP) is 1.78. The Kier molecular flexibility index (Phi) is 4.44. The summed E-state index contributed by atoms with van der Waals surface area (Å²) in [6, 6.07) is 1.94. The van der Waals surface area contributed by atoms with E-state index < -0.39 is 0 Å². The third-order valence-electron chi connectivity index (χ3n) is 4.47. The minimum absolute atomic E-state index is 0.00747. The molecule has 2 aromatic rings. The molecule has 2 aromatic heterocycles. The fourth-order valence-corrected chi connectivity index (χ4v) is 4.02. The average molecular weight is 336 g/mol. The number of hydrogen-bond donors (Lipinski definition) is 1. The Hall–Kier alpha value is -1.44. The molecule has 0 radical (unpaired) electrons. The van der Waals surface area contributed by atoms with Gasteiger partial charge in [0.15, 0.2) is 0 Å². The molecule has 0 aromatic carbocycles. The number of rotatable bonds is 4. The number of morpholine rings is 1. The third-order valence-corrected chi connectivity index (χ3v) is 5.67. The van der Waals surface area contributed by atoms with Gasteiger partial charge in [-0.2, -0.15) is 5.10 Å². The summed E-state index contributed by atoms with van der Waals surface area (Å²) in [6.45, 7) is 10.3. The maximum absolute atomic E-state index is 12.5. The maximum Gasteiger partial charge on any atom is 0.261 e. The second-order valence-electron chi connectivity index (χ2n) is 6.63. The molecule has 3 rings (SSSR count). The summed E-state index contributed by atoms with van der Waals surface area (Å²) < 4.78 is 7.24. The van der Waals surface area contributed by atoms with E-state index in [2.05, 4.69) is 29.2 Å². The van der Waals surface area contributed by atoms with E-state index in [0.717, 1.165) is 47.1 Å². The van der Waals surface area contributed by atoms with Crippen molar-refractivity contribution in [2.24, 2.45) is 7.05 Å². The third kappa shape index (κ3) is 3.27. The van der Waals surface area contributed by atoms with Gasteiger partial charge in [-0.15, -0.1) is 11.3 Å². The van der Waals surface area contributed by atoms with Gasteiger partial charge in [0.25, 0.3) is 5.91 Å². The molecule has 3 heterocycles. The zero-order chi connectivity index (χ0) is 16.6. The Morgan fingerprint density at radius 1 is 1.43 bits per heavy atom. The molecule has 6 nitrogen and oxygen atoms in total. The first-order chi connectivity index (χ1) is 10.9. The molecular weight excluding hydrogens is 312 g/mol. The molecule has 1 N–H and O–H groups in total. The number of thiophene rings is 1. The van der Waals surface area contributed by atoms with Crippen LogP contribution in [0, 0.1) is 6.92 Å². The Balaban J connectivity index is 1.67. The van der Waals surface area contributed by atoms with Crippen LogP contribution in [0.1, 0.15) is 29.2 Å². The van der Waals surface area contributed by atoms with Crippen LogP contribution in [0.2, 0.25) is 0 Å². The molecule has 0 unspecified atom stereocenters. The molecular formula is C16H24N4O2S. The highest BCUT2D eigenvalue weighted by Gasteiger charge is 2.29. The number of carbonyl (C=O) groups is 1. The molecule has 0 aliphatic carbocycles. The van der Waals surface area contributed by atoms with E-state index in [1.807, 2.05) is 24.7 Å². The van der Waals surface area contributed by atoms with Gasteiger partial charge in [0.05, 0.1) is 23.8 Å². The molecule has 0 bridgehead atoms. The first kappa shape index (κ1) is 16.4.